The van der Waals surface area contributed by atoms with Crippen LogP contribution in [0.3, 0.4) is 0 Å². The molecular weight excluding hydrogens is 472 g/mol. The van der Waals surface area contributed by atoms with Crippen LogP contribution >= 0.6 is 0 Å². The van der Waals surface area contributed by atoms with Crippen LogP contribution in [0, 0.1) is 0 Å². The van der Waals surface area contributed by atoms with Crippen molar-refractivity contribution in [2.75, 3.05) is 48.5 Å². The Morgan fingerprint density at radius 1 is 1.06 bits per heavy atom. The van der Waals surface area contributed by atoms with Crippen molar-refractivity contribution in [1.29, 1.82) is 0 Å². The van der Waals surface area contributed by atoms with Gasteiger partial charge in [0.1, 0.15) is 6.54 Å². The fourth-order valence-electron chi connectivity index (χ4n) is 3.79. The van der Waals surface area contributed by atoms with Gasteiger partial charge in [-0.15, -0.1) is 0 Å². The number of allylic oxidation sites excluding steroid dienone is 1. The third-order valence-corrected chi connectivity index (χ3v) is 6.58. The Morgan fingerprint density at radius 2 is 1.69 bits per heavy atom. The summed E-state index contributed by atoms with van der Waals surface area (Å²) in [5, 5.41) is 8.74. The number of anilines is 3. The predicted molar refractivity (Wildman–Crippen MR) is 136 cm³/mol. The molecular formula is C24H30N4O6S. The topological polar surface area (TPSA) is 126 Å². The lowest BCUT2D eigenvalue weighted by molar-refractivity contribution is -0.119. The first-order valence-corrected chi connectivity index (χ1v) is 12.9. The largest absolute Gasteiger partial charge is 0.493 e. The molecule has 2 aromatic carbocycles. The monoisotopic (exact) mass is 502 g/mol. The summed E-state index contributed by atoms with van der Waals surface area (Å²) >= 11 is 0. The summed E-state index contributed by atoms with van der Waals surface area (Å²) in [5.41, 5.74) is 3.51. The Bertz CT molecular complexity index is 1260. The van der Waals surface area contributed by atoms with Crippen LogP contribution in [-0.4, -0.2) is 53.8 Å². The lowest BCUT2D eigenvalue weighted by atomic mass is 10.0. The molecule has 0 atom stereocenters. The first-order valence-electron chi connectivity index (χ1n) is 11.0. The molecule has 0 aliphatic carbocycles. The second-order valence-corrected chi connectivity index (χ2v) is 9.72. The molecule has 0 aromatic heterocycles. The molecule has 1 aliphatic heterocycles. The molecule has 0 bridgehead atoms. The molecule has 0 radical (unpaired) electrons. The minimum Gasteiger partial charge on any atom is -0.493 e. The molecule has 1 heterocycles. The van der Waals surface area contributed by atoms with Crippen LogP contribution in [-0.2, 0) is 19.6 Å². The third kappa shape index (κ3) is 5.68. The number of ether oxygens (including phenoxy) is 2. The van der Waals surface area contributed by atoms with Gasteiger partial charge in [0, 0.05) is 29.6 Å². The van der Waals surface area contributed by atoms with E-state index in [1.165, 1.54) is 14.2 Å². The SMILES string of the molecule is CCNC(=O)CN(c1ccc(N/C(CC)=C2\C(=O)Nc3cc(OC)c(OC)cc32)cc1)S(C)(=O)=O. The number of hydrogen-bond acceptors (Lipinski definition) is 7. The number of carbonyl (C=O) groups is 2. The number of nitrogens with zero attached hydrogens (tertiary/aromatic N) is 1. The molecule has 0 unspecified atom stereocenters. The fourth-order valence-corrected chi connectivity index (χ4v) is 4.65. The summed E-state index contributed by atoms with van der Waals surface area (Å²) in [4.78, 5) is 24.8. The smallest absolute Gasteiger partial charge is 0.258 e. The molecule has 0 spiro atoms. The van der Waals surface area contributed by atoms with Crippen molar-refractivity contribution in [2.45, 2.75) is 20.3 Å². The van der Waals surface area contributed by atoms with Crippen LogP contribution in [0.2, 0.25) is 0 Å². The summed E-state index contributed by atoms with van der Waals surface area (Å²) in [5.74, 6) is 0.378. The van der Waals surface area contributed by atoms with E-state index < -0.39 is 15.9 Å². The highest BCUT2D eigenvalue weighted by atomic mass is 32.2. The average Bonchev–Trinajstić information content (AvgIpc) is 3.14. The first kappa shape index (κ1) is 25.9. The molecule has 3 N–H and O–H groups in total. The van der Waals surface area contributed by atoms with Crippen molar-refractivity contribution in [3.05, 3.63) is 47.7 Å². The molecule has 0 fully saturated rings. The maximum Gasteiger partial charge on any atom is 0.258 e. The molecule has 2 aromatic rings. The number of methoxy groups -OCH3 is 2. The standard InChI is InChI=1S/C24H30N4O6S/c1-6-18(23-17-12-20(33-3)21(34-4)13-19(17)27-24(23)30)26-15-8-10-16(11-9-15)28(35(5,31)32)14-22(29)25-7-2/h8-13,26H,6-7,14H2,1-5H3,(H,25,29)(H,27,30)/b23-18-. The summed E-state index contributed by atoms with van der Waals surface area (Å²) in [6, 6.07) is 10.1. The van der Waals surface area contributed by atoms with Crippen molar-refractivity contribution in [2.24, 2.45) is 0 Å². The van der Waals surface area contributed by atoms with Gasteiger partial charge in [-0.1, -0.05) is 6.92 Å². The minimum atomic E-state index is -3.67. The lowest BCUT2D eigenvalue weighted by Gasteiger charge is -2.22. The highest BCUT2D eigenvalue weighted by Gasteiger charge is 2.29. The van der Waals surface area contributed by atoms with Crippen molar-refractivity contribution in [1.82, 2.24) is 5.32 Å². The number of rotatable bonds is 10. The summed E-state index contributed by atoms with van der Waals surface area (Å²) < 4.78 is 36.3. The van der Waals surface area contributed by atoms with Crippen LogP contribution < -0.4 is 29.7 Å². The molecule has 188 valence electrons. The fraction of sp³-hybridized carbons (Fsp3) is 0.333. The average molecular weight is 503 g/mol. The molecule has 2 amide bonds. The van der Waals surface area contributed by atoms with Gasteiger partial charge in [-0.25, -0.2) is 8.42 Å². The van der Waals surface area contributed by atoms with Gasteiger partial charge in [0.15, 0.2) is 11.5 Å². The summed E-state index contributed by atoms with van der Waals surface area (Å²) in [6.07, 6.45) is 1.59. The van der Waals surface area contributed by atoms with Crippen LogP contribution in [0.15, 0.2) is 42.1 Å². The second kappa shape index (κ2) is 10.7. The van der Waals surface area contributed by atoms with E-state index >= 15 is 0 Å². The van der Waals surface area contributed by atoms with Gasteiger partial charge in [-0.3, -0.25) is 13.9 Å². The maximum absolute atomic E-state index is 12.8. The van der Waals surface area contributed by atoms with Crippen LogP contribution in [0.5, 0.6) is 11.5 Å². The molecule has 0 saturated carbocycles. The zero-order valence-electron chi connectivity index (χ0n) is 20.4. The minimum absolute atomic E-state index is 0.249. The third-order valence-electron chi connectivity index (χ3n) is 5.44. The Labute approximate surface area is 205 Å². The summed E-state index contributed by atoms with van der Waals surface area (Å²) in [7, 11) is -0.609. The number of hydrogen-bond donors (Lipinski definition) is 3. The molecule has 3 rings (SSSR count). The number of nitrogens with one attached hydrogen (secondary N) is 3. The quantitative estimate of drug-likeness (QED) is 0.427. The Morgan fingerprint density at radius 3 is 2.23 bits per heavy atom. The van der Waals surface area contributed by atoms with E-state index in [1.54, 1.807) is 43.3 Å². The zero-order valence-corrected chi connectivity index (χ0v) is 21.2. The van der Waals surface area contributed by atoms with Crippen molar-refractivity contribution in [3.63, 3.8) is 0 Å². The molecule has 11 heteroatoms. The van der Waals surface area contributed by atoms with E-state index in [4.69, 9.17) is 9.47 Å². The van der Waals surface area contributed by atoms with E-state index in [0.29, 0.717) is 58.4 Å². The molecule has 0 saturated heterocycles. The van der Waals surface area contributed by atoms with E-state index in [9.17, 15) is 18.0 Å². The second-order valence-electron chi connectivity index (χ2n) is 7.81. The summed E-state index contributed by atoms with van der Waals surface area (Å²) in [6.45, 7) is 3.78. The van der Waals surface area contributed by atoms with Crippen LogP contribution in [0.4, 0.5) is 17.1 Å². The first-order chi connectivity index (χ1) is 16.6. The zero-order chi connectivity index (χ0) is 25.8. The Hall–Kier alpha value is -3.73. The number of sulfonamides is 1. The van der Waals surface area contributed by atoms with Crippen molar-refractivity contribution in [3.8, 4) is 11.5 Å². The van der Waals surface area contributed by atoms with Gasteiger partial charge in [-0.2, -0.15) is 0 Å². The van der Waals surface area contributed by atoms with E-state index in [1.807, 2.05) is 6.92 Å². The predicted octanol–water partition coefficient (Wildman–Crippen LogP) is 2.79. The van der Waals surface area contributed by atoms with Gasteiger partial charge < -0.3 is 25.4 Å². The van der Waals surface area contributed by atoms with Crippen LogP contribution in [0.25, 0.3) is 5.57 Å². The number of benzene rings is 2. The van der Waals surface area contributed by atoms with E-state index in [2.05, 4.69) is 16.0 Å². The molecule has 35 heavy (non-hydrogen) atoms. The Balaban J connectivity index is 1.93. The van der Waals surface area contributed by atoms with Gasteiger partial charge >= 0.3 is 0 Å². The van der Waals surface area contributed by atoms with Crippen LogP contribution in [0.1, 0.15) is 25.8 Å². The van der Waals surface area contributed by atoms with Gasteiger partial charge in [0.25, 0.3) is 5.91 Å². The number of likely N-dealkylation sites (N-methyl/N-ethyl adjacent to an activating group) is 1. The molecule has 1 aliphatic rings. The highest BCUT2D eigenvalue weighted by molar-refractivity contribution is 7.92. The Kier molecular flexibility index (Phi) is 7.90. The van der Waals surface area contributed by atoms with E-state index in [-0.39, 0.29) is 12.5 Å². The molecule has 10 nitrogen and oxygen atoms in total. The number of fused-ring (bicyclic) bond motifs is 1. The van der Waals surface area contributed by atoms with Gasteiger partial charge in [0.05, 0.1) is 37.4 Å². The lowest BCUT2D eigenvalue weighted by Crippen LogP contribution is -2.40. The van der Waals surface area contributed by atoms with Crippen molar-refractivity contribution < 1.29 is 27.5 Å². The maximum atomic E-state index is 12.8. The van der Waals surface area contributed by atoms with Gasteiger partial charge in [0.2, 0.25) is 15.9 Å². The van der Waals surface area contributed by atoms with E-state index in [0.717, 1.165) is 10.6 Å². The van der Waals surface area contributed by atoms with Crippen molar-refractivity contribution >= 4 is 44.5 Å². The highest BCUT2D eigenvalue weighted by Crippen LogP contribution is 2.42. The van der Waals surface area contributed by atoms with Gasteiger partial charge in [-0.05, 0) is 43.7 Å². The normalized spacial score (nSPS) is 14.0. The number of amides is 2. The number of carbonyl (C=O) groups excluding carboxylic acids is 2.